The summed E-state index contributed by atoms with van der Waals surface area (Å²) in [5.41, 5.74) is 10.5. The number of rotatable bonds is 0. The summed E-state index contributed by atoms with van der Waals surface area (Å²) in [5, 5.41) is 0. The summed E-state index contributed by atoms with van der Waals surface area (Å²) in [4.78, 5) is 0. The van der Waals surface area contributed by atoms with Crippen LogP contribution >= 0.6 is 0 Å². The van der Waals surface area contributed by atoms with Crippen LogP contribution in [0.4, 0.5) is 0 Å². The number of benzene rings is 1. The van der Waals surface area contributed by atoms with Gasteiger partial charge in [-0.05, 0) is 29.9 Å². The van der Waals surface area contributed by atoms with Crippen LogP contribution in [0.25, 0.3) is 0 Å². The maximum atomic E-state index is 6.07. The van der Waals surface area contributed by atoms with Crippen molar-refractivity contribution in [2.24, 2.45) is 5.73 Å². The summed E-state index contributed by atoms with van der Waals surface area (Å²) in [6, 6.07) is 6.86. The minimum absolute atomic E-state index is 0.241. The molecule has 2 rings (SSSR count). The van der Waals surface area contributed by atoms with Gasteiger partial charge in [-0.15, -0.1) is 0 Å². The van der Waals surface area contributed by atoms with E-state index in [0.29, 0.717) is 0 Å². The molecule has 1 aromatic carbocycles. The molecular formula is C12H17N. The minimum atomic E-state index is 0.241. The molecule has 0 saturated carbocycles. The number of hydrogen-bond donors (Lipinski definition) is 1. The van der Waals surface area contributed by atoms with Crippen molar-refractivity contribution in [1.82, 2.24) is 0 Å². The maximum Gasteiger partial charge on any atom is 0.0306 e. The van der Waals surface area contributed by atoms with Crippen molar-refractivity contribution >= 4 is 0 Å². The highest BCUT2D eigenvalue weighted by molar-refractivity contribution is 5.43. The van der Waals surface area contributed by atoms with Crippen molar-refractivity contribution in [1.29, 1.82) is 0 Å². The zero-order valence-electron chi connectivity index (χ0n) is 8.59. The summed E-state index contributed by atoms with van der Waals surface area (Å²) in [5.74, 6) is 0. The van der Waals surface area contributed by atoms with Crippen LogP contribution in [0.5, 0.6) is 0 Å². The highest BCUT2D eigenvalue weighted by Crippen LogP contribution is 2.43. The van der Waals surface area contributed by atoms with Gasteiger partial charge in [0.1, 0.15) is 0 Å². The number of nitrogens with two attached hydrogens (primary N) is 1. The van der Waals surface area contributed by atoms with Crippen LogP contribution in [0, 0.1) is 6.92 Å². The van der Waals surface area contributed by atoms with E-state index in [2.05, 4.69) is 39.0 Å². The van der Waals surface area contributed by atoms with E-state index < -0.39 is 0 Å². The minimum Gasteiger partial charge on any atom is -0.324 e. The van der Waals surface area contributed by atoms with Gasteiger partial charge in [-0.3, -0.25) is 0 Å². The lowest BCUT2D eigenvalue weighted by molar-refractivity contribution is 0.481. The van der Waals surface area contributed by atoms with Gasteiger partial charge in [0.15, 0.2) is 0 Å². The van der Waals surface area contributed by atoms with Gasteiger partial charge in [-0.1, -0.05) is 37.6 Å². The van der Waals surface area contributed by atoms with Crippen LogP contribution in [-0.2, 0) is 5.41 Å². The van der Waals surface area contributed by atoms with Gasteiger partial charge in [0.05, 0.1) is 0 Å². The molecule has 2 N–H and O–H groups in total. The molecule has 1 nitrogen and oxygen atoms in total. The predicted octanol–water partition coefficient (Wildman–Crippen LogP) is 2.68. The van der Waals surface area contributed by atoms with Crippen molar-refractivity contribution in [2.45, 2.75) is 38.6 Å². The topological polar surface area (TPSA) is 26.0 Å². The van der Waals surface area contributed by atoms with E-state index in [4.69, 9.17) is 5.73 Å². The fourth-order valence-corrected chi connectivity index (χ4v) is 2.35. The fraction of sp³-hybridized carbons (Fsp3) is 0.500. The Kier molecular flexibility index (Phi) is 1.74. The third-order valence-corrected chi connectivity index (χ3v) is 3.07. The third kappa shape index (κ3) is 1.28. The monoisotopic (exact) mass is 175 g/mol. The molecule has 0 spiro atoms. The molecular weight excluding hydrogens is 158 g/mol. The predicted molar refractivity (Wildman–Crippen MR) is 55.8 cm³/mol. The van der Waals surface area contributed by atoms with Crippen LogP contribution in [0.1, 0.15) is 43.0 Å². The van der Waals surface area contributed by atoms with E-state index in [0.717, 1.165) is 6.42 Å². The van der Waals surface area contributed by atoms with Gasteiger partial charge in [-0.2, -0.15) is 0 Å². The van der Waals surface area contributed by atoms with E-state index in [9.17, 15) is 0 Å². The Morgan fingerprint density at radius 1 is 1.38 bits per heavy atom. The van der Waals surface area contributed by atoms with Crippen molar-refractivity contribution in [3.8, 4) is 0 Å². The summed E-state index contributed by atoms with van der Waals surface area (Å²) in [7, 11) is 0. The van der Waals surface area contributed by atoms with Gasteiger partial charge in [0.25, 0.3) is 0 Å². The second kappa shape index (κ2) is 2.58. The molecule has 1 atom stereocenters. The maximum absolute atomic E-state index is 6.07. The Labute approximate surface area is 80.0 Å². The Morgan fingerprint density at radius 3 is 2.77 bits per heavy atom. The van der Waals surface area contributed by atoms with E-state index >= 15 is 0 Å². The first kappa shape index (κ1) is 8.76. The summed E-state index contributed by atoms with van der Waals surface area (Å²) in [6.45, 7) is 6.69. The Bertz CT molecular complexity index is 339. The van der Waals surface area contributed by atoms with E-state index in [1.54, 1.807) is 0 Å². The first-order chi connectivity index (χ1) is 6.00. The fourth-order valence-electron chi connectivity index (χ4n) is 2.35. The molecule has 1 aromatic rings. The normalized spacial score (nSPS) is 24.5. The van der Waals surface area contributed by atoms with Gasteiger partial charge in [0.2, 0.25) is 0 Å². The standard InChI is InChI=1S/C12H17N/c1-8-4-5-9-10(6-8)12(2,3)7-11(9)13/h4-6,11H,7,13H2,1-3H3. The molecule has 1 aliphatic carbocycles. The van der Waals surface area contributed by atoms with Gasteiger partial charge >= 0.3 is 0 Å². The van der Waals surface area contributed by atoms with Crippen LogP contribution in [-0.4, -0.2) is 0 Å². The lowest BCUT2D eigenvalue weighted by Gasteiger charge is -2.18. The second-order valence-corrected chi connectivity index (χ2v) is 4.79. The quantitative estimate of drug-likeness (QED) is 0.644. The molecule has 0 heterocycles. The van der Waals surface area contributed by atoms with Crippen molar-refractivity contribution in [3.05, 3.63) is 34.9 Å². The molecule has 70 valence electrons. The molecule has 0 radical (unpaired) electrons. The summed E-state index contributed by atoms with van der Waals surface area (Å²) in [6.07, 6.45) is 1.08. The Morgan fingerprint density at radius 2 is 2.08 bits per heavy atom. The highest BCUT2D eigenvalue weighted by atomic mass is 14.7. The highest BCUT2D eigenvalue weighted by Gasteiger charge is 2.34. The van der Waals surface area contributed by atoms with Crippen LogP contribution < -0.4 is 5.73 Å². The smallest absolute Gasteiger partial charge is 0.0306 e. The second-order valence-electron chi connectivity index (χ2n) is 4.79. The summed E-state index contributed by atoms with van der Waals surface area (Å²) >= 11 is 0. The SMILES string of the molecule is Cc1ccc2c(c1)C(C)(C)CC2N. The Balaban J connectivity index is 2.60. The third-order valence-electron chi connectivity index (χ3n) is 3.07. The lowest BCUT2D eigenvalue weighted by Crippen LogP contribution is -2.14. The molecule has 0 aliphatic heterocycles. The molecule has 0 fully saturated rings. The van der Waals surface area contributed by atoms with Crippen LogP contribution in [0.3, 0.4) is 0 Å². The van der Waals surface area contributed by atoms with E-state index in [1.807, 2.05) is 0 Å². The molecule has 1 aliphatic rings. The van der Waals surface area contributed by atoms with Crippen molar-refractivity contribution in [3.63, 3.8) is 0 Å². The molecule has 0 amide bonds. The molecule has 13 heavy (non-hydrogen) atoms. The average Bonchev–Trinajstić information content (AvgIpc) is 2.23. The summed E-state index contributed by atoms with van der Waals surface area (Å²) < 4.78 is 0. The largest absolute Gasteiger partial charge is 0.324 e. The Hall–Kier alpha value is -0.820. The van der Waals surface area contributed by atoms with Gasteiger partial charge in [-0.25, -0.2) is 0 Å². The van der Waals surface area contributed by atoms with Crippen molar-refractivity contribution < 1.29 is 0 Å². The number of fused-ring (bicyclic) bond motifs is 1. The van der Waals surface area contributed by atoms with E-state index in [-0.39, 0.29) is 11.5 Å². The molecule has 1 heteroatoms. The number of aryl methyl sites for hydroxylation is 1. The molecule has 0 saturated heterocycles. The number of hydrogen-bond acceptors (Lipinski definition) is 1. The van der Waals surface area contributed by atoms with Crippen LogP contribution in [0.15, 0.2) is 18.2 Å². The average molecular weight is 175 g/mol. The van der Waals surface area contributed by atoms with Crippen LogP contribution in [0.2, 0.25) is 0 Å². The van der Waals surface area contributed by atoms with Crippen molar-refractivity contribution in [2.75, 3.05) is 0 Å². The van der Waals surface area contributed by atoms with E-state index in [1.165, 1.54) is 16.7 Å². The first-order valence-electron chi connectivity index (χ1n) is 4.87. The first-order valence-corrected chi connectivity index (χ1v) is 4.87. The lowest BCUT2D eigenvalue weighted by atomic mass is 9.86. The van der Waals surface area contributed by atoms with Gasteiger partial charge in [0, 0.05) is 6.04 Å². The zero-order chi connectivity index (χ0) is 9.64. The molecule has 1 unspecified atom stereocenters. The van der Waals surface area contributed by atoms with Gasteiger partial charge < -0.3 is 5.73 Å². The molecule has 0 aromatic heterocycles. The zero-order valence-corrected chi connectivity index (χ0v) is 8.59. The molecule has 0 bridgehead atoms.